The molecule has 0 unspecified atom stereocenters. The van der Waals surface area contributed by atoms with Gasteiger partial charge in [0.1, 0.15) is 0 Å². The first-order chi connectivity index (χ1) is 7.27. The number of nitrogens with zero attached hydrogens (tertiary/aromatic N) is 1. The van der Waals surface area contributed by atoms with Crippen LogP contribution in [-0.2, 0) is 0 Å². The molecule has 3 rings (SSSR count). The third-order valence-electron chi connectivity index (χ3n) is 3.37. The van der Waals surface area contributed by atoms with Gasteiger partial charge in [-0.3, -0.25) is 0 Å². The van der Waals surface area contributed by atoms with Gasteiger partial charge < -0.3 is 4.57 Å². The first-order valence-corrected chi connectivity index (χ1v) is 5.87. The lowest BCUT2D eigenvalue weighted by atomic mass is 10.1. The zero-order valence-electron chi connectivity index (χ0n) is 9.40. The molecule has 0 saturated heterocycles. The van der Waals surface area contributed by atoms with Crippen LogP contribution in [0.3, 0.4) is 0 Å². The van der Waals surface area contributed by atoms with Crippen LogP contribution >= 0.6 is 0 Å². The summed E-state index contributed by atoms with van der Waals surface area (Å²) in [6.45, 7) is 4.48. The highest BCUT2D eigenvalue weighted by Crippen LogP contribution is 2.43. The second-order valence-corrected chi connectivity index (χ2v) is 4.87. The SMILES string of the molecule is CC(C)n1ccc2c(C3CC3)cccc21. The van der Waals surface area contributed by atoms with Crippen molar-refractivity contribution in [1.29, 1.82) is 0 Å². The van der Waals surface area contributed by atoms with Gasteiger partial charge >= 0.3 is 0 Å². The molecule has 1 heteroatoms. The highest BCUT2D eigenvalue weighted by atomic mass is 15.0. The van der Waals surface area contributed by atoms with E-state index in [1.54, 1.807) is 5.56 Å². The lowest BCUT2D eigenvalue weighted by Crippen LogP contribution is -1.97. The third kappa shape index (κ3) is 1.38. The maximum absolute atomic E-state index is 2.36. The number of hydrogen-bond donors (Lipinski definition) is 0. The second-order valence-electron chi connectivity index (χ2n) is 4.87. The first kappa shape index (κ1) is 9.02. The Kier molecular flexibility index (Phi) is 1.88. The van der Waals surface area contributed by atoms with Crippen molar-refractivity contribution >= 4 is 10.9 Å². The van der Waals surface area contributed by atoms with Gasteiger partial charge in [-0.1, -0.05) is 12.1 Å². The summed E-state index contributed by atoms with van der Waals surface area (Å²) >= 11 is 0. The molecule has 1 saturated carbocycles. The molecule has 0 radical (unpaired) electrons. The number of benzene rings is 1. The molecule has 1 aliphatic carbocycles. The van der Waals surface area contributed by atoms with Gasteiger partial charge in [-0.05, 0) is 50.3 Å². The van der Waals surface area contributed by atoms with E-state index < -0.39 is 0 Å². The van der Waals surface area contributed by atoms with Gasteiger partial charge in [0.2, 0.25) is 0 Å². The largest absolute Gasteiger partial charge is 0.345 e. The summed E-state index contributed by atoms with van der Waals surface area (Å²) in [5.41, 5.74) is 2.96. The van der Waals surface area contributed by atoms with Crippen LogP contribution in [0, 0.1) is 0 Å². The number of aromatic nitrogens is 1. The average Bonchev–Trinajstić information content (AvgIpc) is 2.96. The van der Waals surface area contributed by atoms with Crippen LogP contribution in [0.15, 0.2) is 30.5 Å². The molecular formula is C14H17N. The molecule has 1 aromatic carbocycles. The molecule has 15 heavy (non-hydrogen) atoms. The molecular weight excluding hydrogens is 182 g/mol. The van der Waals surface area contributed by atoms with E-state index in [1.165, 1.54) is 23.7 Å². The Morgan fingerprint density at radius 2 is 2.00 bits per heavy atom. The zero-order chi connectivity index (χ0) is 10.4. The first-order valence-electron chi connectivity index (χ1n) is 5.87. The van der Waals surface area contributed by atoms with Crippen molar-refractivity contribution in [3.05, 3.63) is 36.0 Å². The summed E-state index contributed by atoms with van der Waals surface area (Å²) in [4.78, 5) is 0. The van der Waals surface area contributed by atoms with Crippen molar-refractivity contribution in [3.8, 4) is 0 Å². The van der Waals surface area contributed by atoms with Gasteiger partial charge in [-0.2, -0.15) is 0 Å². The smallest absolute Gasteiger partial charge is 0.0485 e. The summed E-state index contributed by atoms with van der Waals surface area (Å²) in [7, 11) is 0. The summed E-state index contributed by atoms with van der Waals surface area (Å²) < 4.78 is 2.36. The highest BCUT2D eigenvalue weighted by molar-refractivity contribution is 5.84. The highest BCUT2D eigenvalue weighted by Gasteiger charge is 2.25. The summed E-state index contributed by atoms with van der Waals surface area (Å²) in [6.07, 6.45) is 4.99. The van der Waals surface area contributed by atoms with Crippen LogP contribution in [-0.4, -0.2) is 4.57 Å². The number of hydrogen-bond acceptors (Lipinski definition) is 0. The van der Waals surface area contributed by atoms with E-state index in [4.69, 9.17) is 0 Å². The Labute approximate surface area is 90.7 Å². The van der Waals surface area contributed by atoms with Gasteiger partial charge in [-0.15, -0.1) is 0 Å². The fourth-order valence-corrected chi connectivity index (χ4v) is 2.41. The van der Waals surface area contributed by atoms with E-state index in [-0.39, 0.29) is 0 Å². The van der Waals surface area contributed by atoms with Crippen LogP contribution < -0.4 is 0 Å². The summed E-state index contributed by atoms with van der Waals surface area (Å²) in [5, 5.41) is 1.47. The minimum atomic E-state index is 0.553. The lowest BCUT2D eigenvalue weighted by molar-refractivity contribution is 0.623. The Morgan fingerprint density at radius 1 is 1.20 bits per heavy atom. The Balaban J connectivity index is 2.23. The van der Waals surface area contributed by atoms with Gasteiger partial charge in [0.05, 0.1) is 0 Å². The molecule has 0 bridgehead atoms. The standard InChI is InChI=1S/C14H17N/c1-10(2)15-9-8-13-12(11-6-7-11)4-3-5-14(13)15/h3-5,8-11H,6-7H2,1-2H3. The van der Waals surface area contributed by atoms with Crippen molar-refractivity contribution in [2.24, 2.45) is 0 Å². The molecule has 1 fully saturated rings. The van der Waals surface area contributed by atoms with Gasteiger partial charge in [-0.25, -0.2) is 0 Å². The normalized spacial score (nSPS) is 16.5. The molecule has 0 spiro atoms. The lowest BCUT2D eigenvalue weighted by Gasteiger charge is -2.10. The average molecular weight is 199 g/mol. The zero-order valence-corrected chi connectivity index (χ0v) is 9.40. The molecule has 1 aliphatic rings. The summed E-state index contributed by atoms with van der Waals surface area (Å²) in [6, 6.07) is 9.57. The van der Waals surface area contributed by atoms with Crippen molar-refractivity contribution in [2.45, 2.75) is 38.6 Å². The van der Waals surface area contributed by atoms with Gasteiger partial charge in [0.15, 0.2) is 0 Å². The van der Waals surface area contributed by atoms with Crippen molar-refractivity contribution < 1.29 is 0 Å². The fourth-order valence-electron chi connectivity index (χ4n) is 2.41. The van der Waals surface area contributed by atoms with Crippen LogP contribution in [0.2, 0.25) is 0 Å². The topological polar surface area (TPSA) is 4.93 Å². The summed E-state index contributed by atoms with van der Waals surface area (Å²) in [5.74, 6) is 0.844. The molecule has 0 amide bonds. The Morgan fingerprint density at radius 3 is 2.67 bits per heavy atom. The maximum atomic E-state index is 2.36. The van der Waals surface area contributed by atoms with Crippen LogP contribution in [0.5, 0.6) is 0 Å². The van der Waals surface area contributed by atoms with Gasteiger partial charge in [0, 0.05) is 23.1 Å². The molecule has 78 valence electrons. The van der Waals surface area contributed by atoms with E-state index >= 15 is 0 Å². The molecule has 1 nitrogen and oxygen atoms in total. The number of rotatable bonds is 2. The third-order valence-corrected chi connectivity index (χ3v) is 3.37. The second kappa shape index (κ2) is 3.13. The van der Waals surface area contributed by atoms with E-state index in [2.05, 4.69) is 48.9 Å². The van der Waals surface area contributed by atoms with Crippen molar-refractivity contribution in [2.75, 3.05) is 0 Å². The predicted octanol–water partition coefficient (Wildman–Crippen LogP) is 4.10. The van der Waals surface area contributed by atoms with Crippen molar-refractivity contribution in [3.63, 3.8) is 0 Å². The Bertz CT molecular complexity index is 489. The fraction of sp³-hybridized carbons (Fsp3) is 0.429. The molecule has 1 heterocycles. The van der Waals surface area contributed by atoms with E-state index in [0.717, 1.165) is 5.92 Å². The van der Waals surface area contributed by atoms with E-state index in [0.29, 0.717) is 6.04 Å². The van der Waals surface area contributed by atoms with Crippen LogP contribution in [0.25, 0.3) is 10.9 Å². The van der Waals surface area contributed by atoms with Crippen LogP contribution in [0.1, 0.15) is 44.2 Å². The molecule has 0 N–H and O–H groups in total. The number of fused-ring (bicyclic) bond motifs is 1. The van der Waals surface area contributed by atoms with E-state index in [1.807, 2.05) is 0 Å². The minimum absolute atomic E-state index is 0.553. The van der Waals surface area contributed by atoms with Crippen molar-refractivity contribution in [1.82, 2.24) is 4.57 Å². The molecule has 0 aliphatic heterocycles. The van der Waals surface area contributed by atoms with Crippen LogP contribution in [0.4, 0.5) is 0 Å². The predicted molar refractivity (Wildman–Crippen MR) is 64.3 cm³/mol. The molecule has 1 aromatic heterocycles. The Hall–Kier alpha value is -1.24. The molecule has 2 aromatic rings. The van der Waals surface area contributed by atoms with Gasteiger partial charge in [0.25, 0.3) is 0 Å². The van der Waals surface area contributed by atoms with E-state index in [9.17, 15) is 0 Å². The molecule has 0 atom stereocenters. The monoisotopic (exact) mass is 199 g/mol. The maximum Gasteiger partial charge on any atom is 0.0485 e. The quantitative estimate of drug-likeness (QED) is 0.686. The minimum Gasteiger partial charge on any atom is -0.345 e.